The third-order valence-electron chi connectivity index (χ3n) is 4.22. The summed E-state index contributed by atoms with van der Waals surface area (Å²) in [5, 5.41) is 7.51. The average Bonchev–Trinajstić information content (AvgIpc) is 2.72. The summed E-state index contributed by atoms with van der Waals surface area (Å²) in [5.41, 5.74) is 9.41. The van der Waals surface area contributed by atoms with E-state index in [-0.39, 0.29) is 12.3 Å². The minimum absolute atomic E-state index is 0.130. The topological polar surface area (TPSA) is 65.2 Å². The summed E-state index contributed by atoms with van der Waals surface area (Å²) in [4.78, 5) is 12.4. The molecule has 30 heavy (non-hydrogen) atoms. The fourth-order valence-corrected chi connectivity index (χ4v) is 3.35. The number of para-hydroxylation sites is 2. The van der Waals surface area contributed by atoms with E-state index in [0.717, 1.165) is 22.5 Å². The lowest BCUT2D eigenvalue weighted by Gasteiger charge is -2.15. The Kier molecular flexibility index (Phi) is 7.52. The number of carbonyl (C=O) groups is 1. The van der Waals surface area contributed by atoms with Crippen molar-refractivity contribution in [3.8, 4) is 0 Å². The molecule has 0 aliphatic heterocycles. The van der Waals surface area contributed by atoms with Gasteiger partial charge in [0.2, 0.25) is 5.91 Å². The minimum atomic E-state index is -0.248. The molecule has 4 N–H and O–H groups in total. The van der Waals surface area contributed by atoms with Gasteiger partial charge < -0.3 is 10.6 Å². The molecule has 0 fully saturated rings. The van der Waals surface area contributed by atoms with Gasteiger partial charge in [0.15, 0.2) is 5.11 Å². The number of hydrogen-bond acceptors (Lipinski definition) is 3. The van der Waals surface area contributed by atoms with Crippen LogP contribution in [-0.2, 0) is 11.2 Å². The largest absolute Gasteiger partial charge is 0.353 e. The van der Waals surface area contributed by atoms with E-state index in [2.05, 4.69) is 21.5 Å². The molecule has 1 amide bonds. The zero-order valence-electron chi connectivity index (χ0n) is 16.1. The van der Waals surface area contributed by atoms with E-state index in [1.807, 2.05) is 55.5 Å². The van der Waals surface area contributed by atoms with Gasteiger partial charge in [0.1, 0.15) is 0 Å². The van der Waals surface area contributed by atoms with Crippen LogP contribution in [0.3, 0.4) is 0 Å². The molecule has 3 rings (SSSR count). The molecule has 0 atom stereocenters. The number of rotatable bonds is 5. The SMILES string of the molecule is Cc1ccc(NC(=S)NNC(=O)Cc2ccccc2Nc2c(Cl)cccc2Cl)cc1. The van der Waals surface area contributed by atoms with E-state index in [1.54, 1.807) is 18.2 Å². The number of carbonyl (C=O) groups excluding carboxylic acids is 1. The van der Waals surface area contributed by atoms with E-state index in [0.29, 0.717) is 20.8 Å². The van der Waals surface area contributed by atoms with E-state index in [1.165, 1.54) is 0 Å². The Morgan fingerprint density at radius 3 is 2.27 bits per heavy atom. The fourth-order valence-electron chi connectivity index (χ4n) is 2.69. The maximum Gasteiger partial charge on any atom is 0.242 e. The second-order valence-electron chi connectivity index (χ2n) is 6.55. The van der Waals surface area contributed by atoms with Crippen LogP contribution in [0.5, 0.6) is 0 Å². The second kappa shape index (κ2) is 10.3. The Hall–Kier alpha value is -2.80. The van der Waals surface area contributed by atoms with Crippen LogP contribution >= 0.6 is 35.4 Å². The zero-order valence-corrected chi connectivity index (χ0v) is 18.5. The van der Waals surface area contributed by atoms with Crippen molar-refractivity contribution in [2.75, 3.05) is 10.6 Å². The maximum absolute atomic E-state index is 12.4. The lowest BCUT2D eigenvalue weighted by atomic mass is 10.1. The van der Waals surface area contributed by atoms with Crippen molar-refractivity contribution >= 4 is 63.5 Å². The Morgan fingerprint density at radius 1 is 0.900 bits per heavy atom. The molecule has 0 aliphatic carbocycles. The van der Waals surface area contributed by atoms with Gasteiger partial charge in [-0.25, -0.2) is 0 Å². The third kappa shape index (κ3) is 6.10. The average molecular weight is 459 g/mol. The molecule has 0 saturated carbocycles. The van der Waals surface area contributed by atoms with Crippen molar-refractivity contribution in [1.82, 2.24) is 10.9 Å². The standard InChI is InChI=1S/C22H20Cl2N4OS/c1-14-9-11-16(12-10-14)25-22(30)28-27-20(29)13-15-5-2-3-8-19(15)26-21-17(23)6-4-7-18(21)24/h2-12,26H,13H2,1H3,(H,27,29)(H2,25,28,30). The number of anilines is 3. The molecule has 0 aliphatic rings. The van der Waals surface area contributed by atoms with E-state index in [9.17, 15) is 4.79 Å². The van der Waals surface area contributed by atoms with Gasteiger partial charge in [-0.2, -0.15) is 0 Å². The van der Waals surface area contributed by atoms with Crippen LogP contribution in [0, 0.1) is 6.92 Å². The second-order valence-corrected chi connectivity index (χ2v) is 7.77. The highest BCUT2D eigenvalue weighted by Gasteiger charge is 2.11. The first kappa shape index (κ1) is 21.9. The van der Waals surface area contributed by atoms with Crippen LogP contribution < -0.4 is 21.5 Å². The third-order valence-corrected chi connectivity index (χ3v) is 5.05. The lowest BCUT2D eigenvalue weighted by Crippen LogP contribution is -2.44. The van der Waals surface area contributed by atoms with Gasteiger partial charge in [0.05, 0.1) is 22.2 Å². The normalized spacial score (nSPS) is 10.2. The predicted octanol–water partition coefficient (Wildman–Crippen LogP) is 5.61. The van der Waals surface area contributed by atoms with Crippen molar-refractivity contribution < 1.29 is 4.79 Å². The monoisotopic (exact) mass is 458 g/mol. The van der Waals surface area contributed by atoms with Crippen LogP contribution in [0.25, 0.3) is 0 Å². The predicted molar refractivity (Wildman–Crippen MR) is 129 cm³/mol. The summed E-state index contributed by atoms with van der Waals surface area (Å²) in [5.74, 6) is -0.248. The number of thiocarbonyl (C=S) groups is 1. The molecular weight excluding hydrogens is 439 g/mol. The van der Waals surface area contributed by atoms with Gasteiger partial charge in [0, 0.05) is 11.4 Å². The number of hydrogen-bond donors (Lipinski definition) is 4. The number of halogens is 2. The molecule has 3 aromatic carbocycles. The molecule has 0 spiro atoms. The number of benzene rings is 3. The highest BCUT2D eigenvalue weighted by Crippen LogP contribution is 2.33. The van der Waals surface area contributed by atoms with Gasteiger partial charge in [-0.05, 0) is 55.0 Å². The van der Waals surface area contributed by atoms with Crippen molar-refractivity contribution in [2.24, 2.45) is 0 Å². The summed E-state index contributed by atoms with van der Waals surface area (Å²) >= 11 is 17.7. The van der Waals surface area contributed by atoms with Gasteiger partial charge >= 0.3 is 0 Å². The quantitative estimate of drug-likeness (QED) is 0.295. The number of amides is 1. The van der Waals surface area contributed by atoms with Crippen LogP contribution in [0.4, 0.5) is 17.1 Å². The molecular formula is C22H20Cl2N4OS. The van der Waals surface area contributed by atoms with Gasteiger partial charge in [-0.1, -0.05) is 65.2 Å². The van der Waals surface area contributed by atoms with E-state index < -0.39 is 0 Å². The Labute approximate surface area is 190 Å². The zero-order chi connectivity index (χ0) is 21.5. The van der Waals surface area contributed by atoms with E-state index >= 15 is 0 Å². The first-order valence-corrected chi connectivity index (χ1v) is 10.3. The van der Waals surface area contributed by atoms with E-state index in [4.69, 9.17) is 35.4 Å². The molecule has 0 saturated heterocycles. The van der Waals surface area contributed by atoms with Crippen LogP contribution in [0.15, 0.2) is 66.7 Å². The van der Waals surface area contributed by atoms with Gasteiger partial charge in [0.25, 0.3) is 0 Å². The molecule has 3 aromatic rings. The smallest absolute Gasteiger partial charge is 0.242 e. The molecule has 5 nitrogen and oxygen atoms in total. The van der Waals surface area contributed by atoms with Crippen molar-refractivity contribution in [3.05, 3.63) is 87.9 Å². The van der Waals surface area contributed by atoms with Gasteiger partial charge in [-0.3, -0.25) is 15.6 Å². The summed E-state index contributed by atoms with van der Waals surface area (Å²) in [6.45, 7) is 2.01. The molecule has 154 valence electrons. The molecule has 0 heterocycles. The molecule has 0 bridgehead atoms. The van der Waals surface area contributed by atoms with Crippen LogP contribution in [-0.4, -0.2) is 11.0 Å². The maximum atomic E-state index is 12.4. The highest BCUT2D eigenvalue weighted by molar-refractivity contribution is 7.80. The van der Waals surface area contributed by atoms with Gasteiger partial charge in [-0.15, -0.1) is 0 Å². The summed E-state index contributed by atoms with van der Waals surface area (Å²) in [6.07, 6.45) is 0.130. The first-order valence-electron chi connectivity index (χ1n) is 9.14. The summed E-state index contributed by atoms with van der Waals surface area (Å²) < 4.78 is 0. The fraction of sp³-hybridized carbons (Fsp3) is 0.0909. The van der Waals surface area contributed by atoms with Crippen LogP contribution in [0.1, 0.15) is 11.1 Å². The van der Waals surface area contributed by atoms with Crippen LogP contribution in [0.2, 0.25) is 10.0 Å². The summed E-state index contributed by atoms with van der Waals surface area (Å²) in [6, 6.07) is 20.5. The number of nitrogens with one attached hydrogen (secondary N) is 4. The lowest BCUT2D eigenvalue weighted by molar-refractivity contribution is -0.120. The Morgan fingerprint density at radius 2 is 1.57 bits per heavy atom. The van der Waals surface area contributed by atoms with Crippen molar-refractivity contribution in [2.45, 2.75) is 13.3 Å². The Bertz CT molecular complexity index is 1040. The highest BCUT2D eigenvalue weighted by atomic mass is 35.5. The molecule has 0 unspecified atom stereocenters. The first-order chi connectivity index (χ1) is 14.4. The van der Waals surface area contributed by atoms with Crippen molar-refractivity contribution in [3.63, 3.8) is 0 Å². The molecule has 0 radical (unpaired) electrons. The summed E-state index contributed by atoms with van der Waals surface area (Å²) in [7, 11) is 0. The molecule has 0 aromatic heterocycles. The van der Waals surface area contributed by atoms with Crippen molar-refractivity contribution in [1.29, 1.82) is 0 Å². The minimum Gasteiger partial charge on any atom is -0.353 e. The number of hydrazine groups is 1. The Balaban J connectivity index is 1.59. The molecule has 8 heteroatoms. The number of aryl methyl sites for hydroxylation is 1.